The zero-order valence-electron chi connectivity index (χ0n) is 11.4. The van der Waals surface area contributed by atoms with Crippen LogP contribution < -0.4 is 0 Å². The molecule has 1 rings (SSSR count). The second-order valence-electron chi connectivity index (χ2n) is 4.93. The van der Waals surface area contributed by atoms with Crippen molar-refractivity contribution in [1.82, 2.24) is 4.90 Å². The number of hydrogen-bond acceptors (Lipinski definition) is 1. The second-order valence-corrected chi connectivity index (χ2v) is 4.93. The first-order chi connectivity index (χ1) is 8.38. The van der Waals surface area contributed by atoms with Crippen LogP contribution in [0.1, 0.15) is 58.3 Å². The largest absolute Gasteiger partial charge is 0.286 e. The van der Waals surface area contributed by atoms with Gasteiger partial charge in [-0.2, -0.15) is 0 Å². The first-order valence-corrected chi connectivity index (χ1v) is 7.21. The van der Waals surface area contributed by atoms with Gasteiger partial charge in [-0.15, -0.1) is 12.5 Å². The molecule has 0 N–H and O–H groups in total. The summed E-state index contributed by atoms with van der Waals surface area (Å²) < 4.78 is 0. The van der Waals surface area contributed by atoms with Gasteiger partial charge in [0.1, 0.15) is 0 Å². The van der Waals surface area contributed by atoms with Gasteiger partial charge in [-0.3, -0.25) is 4.90 Å². The fraction of sp³-hybridized carbons (Fsp3) is 0.750. The molecule has 0 aliphatic carbocycles. The first-order valence-electron chi connectivity index (χ1n) is 7.21. The van der Waals surface area contributed by atoms with Gasteiger partial charge in [0.15, 0.2) is 0 Å². The number of rotatable bonds is 5. The lowest BCUT2D eigenvalue weighted by atomic mass is 10.1. The fourth-order valence-electron chi connectivity index (χ4n) is 2.37. The van der Waals surface area contributed by atoms with E-state index >= 15 is 0 Å². The summed E-state index contributed by atoms with van der Waals surface area (Å²) in [5.74, 6) is 6.86. The number of likely N-dealkylation sites (tertiary alicyclic amines) is 1. The highest BCUT2D eigenvalue weighted by Gasteiger charge is 2.17. The third-order valence-corrected chi connectivity index (χ3v) is 3.40. The highest BCUT2D eigenvalue weighted by molar-refractivity contribution is 5.09. The van der Waals surface area contributed by atoms with Gasteiger partial charge >= 0.3 is 0 Å². The lowest BCUT2D eigenvalue weighted by Gasteiger charge is -2.24. The molecule has 1 unspecified atom stereocenters. The van der Waals surface area contributed by atoms with E-state index < -0.39 is 0 Å². The van der Waals surface area contributed by atoms with Crippen LogP contribution in [0.2, 0.25) is 0 Å². The number of hydrogen-bond donors (Lipinski definition) is 0. The van der Waals surface area contributed by atoms with Gasteiger partial charge in [0.25, 0.3) is 0 Å². The Hall–Kier alpha value is -0.740. The van der Waals surface area contributed by atoms with E-state index in [0.29, 0.717) is 6.04 Å². The quantitative estimate of drug-likeness (QED) is 0.394. The Balaban J connectivity index is 2.41. The average Bonchev–Trinajstić information content (AvgIpc) is 2.55. The summed E-state index contributed by atoms with van der Waals surface area (Å²) in [6.45, 7) is 8.28. The average molecular weight is 233 g/mol. The summed E-state index contributed by atoms with van der Waals surface area (Å²) in [6.07, 6.45) is 12.2. The van der Waals surface area contributed by atoms with Crippen molar-refractivity contribution in [3.8, 4) is 11.8 Å². The molecule has 1 saturated heterocycles. The summed E-state index contributed by atoms with van der Waals surface area (Å²) in [7, 11) is 0. The summed E-state index contributed by atoms with van der Waals surface area (Å²) in [5.41, 5.74) is 0. The number of unbranched alkanes of at least 4 members (excludes halogenated alkanes) is 3. The van der Waals surface area contributed by atoms with Crippen molar-refractivity contribution in [2.24, 2.45) is 0 Å². The Morgan fingerprint density at radius 2 is 2.18 bits per heavy atom. The van der Waals surface area contributed by atoms with Crippen LogP contribution in [0.3, 0.4) is 0 Å². The highest BCUT2D eigenvalue weighted by Crippen LogP contribution is 2.16. The van der Waals surface area contributed by atoms with Gasteiger partial charge in [0.2, 0.25) is 0 Å². The van der Waals surface area contributed by atoms with Gasteiger partial charge in [0.05, 0.1) is 6.04 Å². The highest BCUT2D eigenvalue weighted by atomic mass is 15.1. The molecule has 1 heteroatoms. The minimum atomic E-state index is 0.483. The Bertz CT molecular complexity index is 258. The van der Waals surface area contributed by atoms with E-state index in [2.05, 4.69) is 30.2 Å². The molecule has 0 aromatic carbocycles. The molecule has 1 fully saturated rings. The monoisotopic (exact) mass is 233 g/mol. The van der Waals surface area contributed by atoms with Crippen LogP contribution in [0.5, 0.6) is 0 Å². The predicted octanol–water partition coefficient (Wildman–Crippen LogP) is 4.00. The van der Waals surface area contributed by atoms with Crippen LogP contribution >= 0.6 is 0 Å². The molecule has 0 aromatic rings. The van der Waals surface area contributed by atoms with Crippen molar-refractivity contribution in [3.63, 3.8) is 0 Å². The van der Waals surface area contributed by atoms with Crippen molar-refractivity contribution < 1.29 is 0 Å². The smallest absolute Gasteiger partial charge is 0.0717 e. The third kappa shape index (κ3) is 5.94. The van der Waals surface area contributed by atoms with Gasteiger partial charge in [-0.05, 0) is 25.8 Å². The molecule has 96 valence electrons. The van der Waals surface area contributed by atoms with Crippen LogP contribution in [0, 0.1) is 11.8 Å². The van der Waals surface area contributed by atoms with Crippen LogP contribution in [0.15, 0.2) is 12.7 Å². The van der Waals surface area contributed by atoms with Crippen LogP contribution in [0.25, 0.3) is 0 Å². The summed E-state index contributed by atoms with van der Waals surface area (Å²) >= 11 is 0. The van der Waals surface area contributed by atoms with E-state index in [4.69, 9.17) is 0 Å². The SMILES string of the molecule is C=CCN1CCCCCC1C#CCCCCC. The molecule has 1 aliphatic rings. The number of nitrogens with zero attached hydrogens (tertiary/aromatic N) is 1. The van der Waals surface area contributed by atoms with E-state index in [1.54, 1.807) is 0 Å². The molecular weight excluding hydrogens is 206 g/mol. The standard InChI is InChI=1S/C16H27N/c1-3-5-6-7-9-12-16-13-10-8-11-15-17(16)14-4-2/h4,16H,2-3,5-8,10-11,13-15H2,1H3. The molecule has 1 atom stereocenters. The molecule has 0 bridgehead atoms. The summed E-state index contributed by atoms with van der Waals surface area (Å²) in [4.78, 5) is 2.49. The molecule has 0 aromatic heterocycles. The van der Waals surface area contributed by atoms with E-state index in [1.807, 2.05) is 6.08 Å². The molecule has 17 heavy (non-hydrogen) atoms. The van der Waals surface area contributed by atoms with Crippen molar-refractivity contribution in [1.29, 1.82) is 0 Å². The second kappa shape index (κ2) is 9.31. The van der Waals surface area contributed by atoms with Crippen LogP contribution in [-0.4, -0.2) is 24.0 Å². The van der Waals surface area contributed by atoms with Crippen LogP contribution in [0.4, 0.5) is 0 Å². The van der Waals surface area contributed by atoms with E-state index in [-0.39, 0.29) is 0 Å². The van der Waals surface area contributed by atoms with E-state index in [0.717, 1.165) is 13.0 Å². The van der Waals surface area contributed by atoms with Crippen LogP contribution in [-0.2, 0) is 0 Å². The van der Waals surface area contributed by atoms with Crippen molar-refractivity contribution in [3.05, 3.63) is 12.7 Å². The molecule has 1 heterocycles. The Morgan fingerprint density at radius 3 is 2.94 bits per heavy atom. The van der Waals surface area contributed by atoms with Gasteiger partial charge in [-0.1, -0.05) is 44.6 Å². The van der Waals surface area contributed by atoms with Crippen molar-refractivity contribution in [2.45, 2.75) is 64.3 Å². The minimum absolute atomic E-state index is 0.483. The molecule has 0 saturated carbocycles. The Morgan fingerprint density at radius 1 is 1.29 bits per heavy atom. The molecule has 0 radical (unpaired) electrons. The Labute approximate surface area is 107 Å². The topological polar surface area (TPSA) is 3.24 Å². The maximum atomic E-state index is 3.85. The summed E-state index contributed by atoms with van der Waals surface area (Å²) in [5, 5.41) is 0. The van der Waals surface area contributed by atoms with Gasteiger partial charge in [-0.25, -0.2) is 0 Å². The maximum absolute atomic E-state index is 3.85. The van der Waals surface area contributed by atoms with E-state index in [1.165, 1.54) is 51.5 Å². The zero-order valence-corrected chi connectivity index (χ0v) is 11.4. The molecule has 0 spiro atoms. The first kappa shape index (κ1) is 14.3. The molecule has 0 amide bonds. The van der Waals surface area contributed by atoms with Crippen molar-refractivity contribution in [2.75, 3.05) is 13.1 Å². The molecule has 1 aliphatic heterocycles. The van der Waals surface area contributed by atoms with Gasteiger partial charge in [0, 0.05) is 13.0 Å². The minimum Gasteiger partial charge on any atom is -0.286 e. The zero-order chi connectivity index (χ0) is 12.3. The normalized spacial score (nSPS) is 21.4. The molecule has 1 nitrogen and oxygen atoms in total. The van der Waals surface area contributed by atoms with Crippen molar-refractivity contribution >= 4 is 0 Å². The summed E-state index contributed by atoms with van der Waals surface area (Å²) in [6, 6.07) is 0.483. The lowest BCUT2D eigenvalue weighted by Crippen LogP contribution is -2.33. The molecular formula is C16H27N. The fourth-order valence-corrected chi connectivity index (χ4v) is 2.37. The predicted molar refractivity (Wildman–Crippen MR) is 75.9 cm³/mol. The van der Waals surface area contributed by atoms with Gasteiger partial charge < -0.3 is 0 Å². The Kier molecular flexibility index (Phi) is 7.84. The third-order valence-electron chi connectivity index (χ3n) is 3.40. The maximum Gasteiger partial charge on any atom is 0.0717 e. The van der Waals surface area contributed by atoms with E-state index in [9.17, 15) is 0 Å². The lowest BCUT2D eigenvalue weighted by molar-refractivity contribution is 0.267.